The van der Waals surface area contributed by atoms with Crippen LogP contribution in [0, 0.1) is 0 Å². The van der Waals surface area contributed by atoms with Crippen molar-refractivity contribution in [2.45, 2.75) is 31.5 Å². The first kappa shape index (κ1) is 14.6. The van der Waals surface area contributed by atoms with Gasteiger partial charge in [-0.3, -0.25) is 0 Å². The van der Waals surface area contributed by atoms with E-state index in [1.165, 1.54) is 0 Å². The monoisotopic (exact) mass is 330 g/mol. The summed E-state index contributed by atoms with van der Waals surface area (Å²) in [7, 11) is 3.17. The van der Waals surface area contributed by atoms with E-state index in [0.717, 1.165) is 12.8 Å². The number of hydrogen-bond acceptors (Lipinski definition) is 4. The molecule has 1 N–H and O–H groups in total. The van der Waals surface area contributed by atoms with Crippen molar-refractivity contribution in [2.75, 3.05) is 20.8 Å². The Balaban J connectivity index is 2.41. The average Bonchev–Trinajstić information content (AvgIpc) is 2.85. The number of aliphatic hydroxyl groups is 1. The van der Waals surface area contributed by atoms with E-state index in [2.05, 4.69) is 15.9 Å². The van der Waals surface area contributed by atoms with Crippen LogP contribution in [0.2, 0.25) is 0 Å². The van der Waals surface area contributed by atoms with Gasteiger partial charge in [-0.2, -0.15) is 0 Å². The maximum absolute atomic E-state index is 10.6. The lowest BCUT2D eigenvalue weighted by molar-refractivity contribution is -0.0803. The van der Waals surface area contributed by atoms with E-state index >= 15 is 0 Å². The Morgan fingerprint density at radius 3 is 2.63 bits per heavy atom. The smallest absolute Gasteiger partial charge is 0.142 e. The Morgan fingerprint density at radius 2 is 2.11 bits per heavy atom. The second-order valence-electron chi connectivity index (χ2n) is 4.87. The Hall–Kier alpha value is -0.780. The predicted octanol–water partition coefficient (Wildman–Crippen LogP) is 3.07. The fourth-order valence-electron chi connectivity index (χ4n) is 2.48. The fourth-order valence-corrected chi connectivity index (χ4v) is 3.16. The minimum absolute atomic E-state index is 0.554. The van der Waals surface area contributed by atoms with Gasteiger partial charge in [-0.25, -0.2) is 0 Å². The van der Waals surface area contributed by atoms with Crippen molar-refractivity contribution in [1.82, 2.24) is 0 Å². The zero-order valence-electron chi connectivity index (χ0n) is 11.4. The Labute approximate surface area is 121 Å². The summed E-state index contributed by atoms with van der Waals surface area (Å²) in [6.45, 7) is 2.62. The molecule has 5 heteroatoms. The van der Waals surface area contributed by atoms with Crippen LogP contribution in [0.1, 0.15) is 31.4 Å². The average molecular weight is 331 g/mol. The third kappa shape index (κ3) is 2.59. The van der Waals surface area contributed by atoms with E-state index in [1.807, 2.05) is 19.1 Å². The number of rotatable bonds is 4. The molecule has 1 aromatic rings. The van der Waals surface area contributed by atoms with Crippen LogP contribution < -0.4 is 9.47 Å². The van der Waals surface area contributed by atoms with E-state index in [-0.39, 0.29) is 0 Å². The number of benzene rings is 1. The topological polar surface area (TPSA) is 47.9 Å². The van der Waals surface area contributed by atoms with Crippen molar-refractivity contribution in [1.29, 1.82) is 0 Å². The summed E-state index contributed by atoms with van der Waals surface area (Å²) in [5, 5.41) is 10.6. The largest absolute Gasteiger partial charge is 0.495 e. The molecule has 1 aliphatic rings. The number of methoxy groups -OCH3 is 2. The predicted molar refractivity (Wildman–Crippen MR) is 75.8 cm³/mol. The molecule has 0 saturated carbocycles. The van der Waals surface area contributed by atoms with Crippen LogP contribution in [-0.4, -0.2) is 31.5 Å². The van der Waals surface area contributed by atoms with Crippen molar-refractivity contribution >= 4 is 15.9 Å². The maximum Gasteiger partial charge on any atom is 0.142 e. The molecule has 0 aliphatic carbocycles. The Morgan fingerprint density at radius 1 is 1.37 bits per heavy atom. The molecule has 1 saturated heterocycles. The summed E-state index contributed by atoms with van der Waals surface area (Å²) in [6.07, 6.45) is 1.07. The van der Waals surface area contributed by atoms with Crippen LogP contribution in [-0.2, 0) is 4.74 Å². The summed E-state index contributed by atoms with van der Waals surface area (Å²) in [6, 6.07) is 3.63. The summed E-state index contributed by atoms with van der Waals surface area (Å²) >= 11 is 3.45. The molecule has 2 unspecified atom stereocenters. The van der Waals surface area contributed by atoms with E-state index in [9.17, 15) is 5.11 Å². The first-order chi connectivity index (χ1) is 9.03. The van der Waals surface area contributed by atoms with E-state index in [0.29, 0.717) is 28.1 Å². The molecule has 0 amide bonds. The molecular formula is C14H19BrO4. The van der Waals surface area contributed by atoms with Gasteiger partial charge in [0.1, 0.15) is 22.1 Å². The number of halogens is 1. The van der Waals surface area contributed by atoms with Crippen LogP contribution in [0.3, 0.4) is 0 Å². The summed E-state index contributed by atoms with van der Waals surface area (Å²) in [4.78, 5) is 0. The van der Waals surface area contributed by atoms with E-state index in [4.69, 9.17) is 14.2 Å². The molecule has 2 rings (SSSR count). The van der Waals surface area contributed by atoms with Gasteiger partial charge < -0.3 is 19.3 Å². The third-order valence-corrected chi connectivity index (χ3v) is 4.39. The molecule has 0 aromatic heterocycles. The molecule has 1 heterocycles. The zero-order chi connectivity index (χ0) is 14.0. The van der Waals surface area contributed by atoms with Gasteiger partial charge in [0.25, 0.3) is 0 Å². The van der Waals surface area contributed by atoms with Gasteiger partial charge in [-0.1, -0.05) is 0 Å². The third-order valence-electron chi connectivity index (χ3n) is 3.64. The van der Waals surface area contributed by atoms with Crippen molar-refractivity contribution < 1.29 is 19.3 Å². The summed E-state index contributed by atoms with van der Waals surface area (Å²) in [5.74, 6) is 1.26. The minimum Gasteiger partial charge on any atom is -0.495 e. The van der Waals surface area contributed by atoms with E-state index in [1.54, 1.807) is 14.2 Å². The molecule has 2 atom stereocenters. The van der Waals surface area contributed by atoms with Crippen LogP contribution in [0.25, 0.3) is 0 Å². The summed E-state index contributed by atoms with van der Waals surface area (Å²) < 4.78 is 17.0. The minimum atomic E-state index is -0.729. The molecule has 0 radical (unpaired) electrons. The van der Waals surface area contributed by atoms with Crippen LogP contribution in [0.15, 0.2) is 16.6 Å². The molecule has 1 aliphatic heterocycles. The number of aliphatic hydroxyl groups excluding tert-OH is 1. The van der Waals surface area contributed by atoms with Gasteiger partial charge in [0.15, 0.2) is 0 Å². The first-order valence-electron chi connectivity index (χ1n) is 6.26. The standard InChI is InChI=1S/C14H19BrO4/c1-14(7-4-8-19-14)13(16)9-5-6-10(17-2)11(15)12(9)18-3/h5-6,13,16H,4,7-8H2,1-3H3. The lowest BCUT2D eigenvalue weighted by atomic mass is 9.89. The van der Waals surface area contributed by atoms with Gasteiger partial charge >= 0.3 is 0 Å². The highest BCUT2D eigenvalue weighted by Gasteiger charge is 2.40. The molecular weight excluding hydrogens is 312 g/mol. The molecule has 0 bridgehead atoms. The highest BCUT2D eigenvalue weighted by Crippen LogP contribution is 2.45. The Bertz CT molecular complexity index is 455. The van der Waals surface area contributed by atoms with Gasteiger partial charge in [0.05, 0.1) is 19.8 Å². The number of hydrogen-bond donors (Lipinski definition) is 1. The Kier molecular flexibility index (Phi) is 4.38. The van der Waals surface area contributed by atoms with Gasteiger partial charge in [-0.15, -0.1) is 0 Å². The van der Waals surface area contributed by atoms with Crippen molar-refractivity contribution in [2.24, 2.45) is 0 Å². The SMILES string of the molecule is COc1ccc(C(O)C2(C)CCCO2)c(OC)c1Br. The molecule has 0 spiro atoms. The van der Waals surface area contributed by atoms with Gasteiger partial charge in [-0.05, 0) is 47.8 Å². The van der Waals surface area contributed by atoms with Crippen LogP contribution in [0.5, 0.6) is 11.5 Å². The maximum atomic E-state index is 10.6. The second-order valence-corrected chi connectivity index (χ2v) is 5.66. The highest BCUT2D eigenvalue weighted by atomic mass is 79.9. The van der Waals surface area contributed by atoms with Gasteiger partial charge in [0, 0.05) is 12.2 Å². The molecule has 1 aromatic carbocycles. The summed E-state index contributed by atoms with van der Waals surface area (Å²) in [5.41, 5.74) is 0.154. The molecule has 106 valence electrons. The molecule has 4 nitrogen and oxygen atoms in total. The zero-order valence-corrected chi connectivity index (χ0v) is 13.0. The molecule has 1 fully saturated rings. The molecule has 19 heavy (non-hydrogen) atoms. The van der Waals surface area contributed by atoms with Gasteiger partial charge in [0.2, 0.25) is 0 Å². The van der Waals surface area contributed by atoms with Crippen molar-refractivity contribution in [3.05, 3.63) is 22.2 Å². The number of ether oxygens (including phenoxy) is 3. The lowest BCUT2D eigenvalue weighted by Gasteiger charge is -2.30. The van der Waals surface area contributed by atoms with Crippen LogP contribution >= 0.6 is 15.9 Å². The highest BCUT2D eigenvalue weighted by molar-refractivity contribution is 9.10. The van der Waals surface area contributed by atoms with Crippen molar-refractivity contribution in [3.8, 4) is 11.5 Å². The first-order valence-corrected chi connectivity index (χ1v) is 7.05. The fraction of sp³-hybridized carbons (Fsp3) is 0.571. The normalized spacial score (nSPS) is 24.3. The second kappa shape index (κ2) is 5.69. The van der Waals surface area contributed by atoms with Crippen molar-refractivity contribution in [3.63, 3.8) is 0 Å². The lowest BCUT2D eigenvalue weighted by Crippen LogP contribution is -2.32. The van der Waals surface area contributed by atoms with Crippen LogP contribution in [0.4, 0.5) is 0 Å². The van der Waals surface area contributed by atoms with E-state index < -0.39 is 11.7 Å². The quantitative estimate of drug-likeness (QED) is 0.921.